The molecular formula is C23H25N5O2. The van der Waals surface area contributed by atoms with Crippen LogP contribution >= 0.6 is 0 Å². The van der Waals surface area contributed by atoms with Gasteiger partial charge in [-0.25, -0.2) is 19.9 Å². The molecule has 1 N–H and O–H groups in total. The molecule has 7 nitrogen and oxygen atoms in total. The van der Waals surface area contributed by atoms with Crippen LogP contribution in [0.1, 0.15) is 49.1 Å². The van der Waals surface area contributed by atoms with Gasteiger partial charge < -0.3 is 10.1 Å². The summed E-state index contributed by atoms with van der Waals surface area (Å²) in [7, 11) is 0. The van der Waals surface area contributed by atoms with E-state index in [1.54, 1.807) is 13.1 Å². The van der Waals surface area contributed by atoms with Crippen LogP contribution in [0.5, 0.6) is 0 Å². The Kier molecular flexibility index (Phi) is 5.97. The van der Waals surface area contributed by atoms with E-state index in [9.17, 15) is 4.79 Å². The zero-order valence-electron chi connectivity index (χ0n) is 17.3. The second-order valence-corrected chi connectivity index (χ2v) is 7.49. The Balaban J connectivity index is 1.52. The maximum atomic E-state index is 11.6. The van der Waals surface area contributed by atoms with E-state index in [1.807, 2.05) is 25.1 Å². The monoisotopic (exact) mass is 403 g/mol. The number of aromatic nitrogens is 4. The van der Waals surface area contributed by atoms with Gasteiger partial charge >= 0.3 is 5.97 Å². The lowest BCUT2D eigenvalue weighted by molar-refractivity contribution is -0.143. The molecule has 0 bridgehead atoms. The summed E-state index contributed by atoms with van der Waals surface area (Å²) < 4.78 is 4.99. The quantitative estimate of drug-likeness (QED) is 0.559. The molecule has 4 rings (SSSR count). The molecule has 0 saturated heterocycles. The molecule has 1 aliphatic carbocycles. The summed E-state index contributed by atoms with van der Waals surface area (Å²) >= 11 is 0. The summed E-state index contributed by atoms with van der Waals surface area (Å²) in [6.45, 7) is 4.23. The average Bonchev–Trinajstić information content (AvgIpc) is 3.58. The number of hydrogen-bond acceptors (Lipinski definition) is 7. The van der Waals surface area contributed by atoms with Crippen molar-refractivity contribution in [1.82, 2.24) is 19.9 Å². The highest BCUT2D eigenvalue weighted by Gasteiger charge is 2.25. The van der Waals surface area contributed by atoms with Gasteiger partial charge in [-0.2, -0.15) is 0 Å². The highest BCUT2D eigenvalue weighted by molar-refractivity contribution is 5.70. The summed E-state index contributed by atoms with van der Waals surface area (Å²) in [6, 6.07) is 10.1. The Morgan fingerprint density at radius 2 is 2.03 bits per heavy atom. The Morgan fingerprint density at radius 3 is 2.83 bits per heavy atom. The fraction of sp³-hybridized carbons (Fsp3) is 0.348. The third-order valence-corrected chi connectivity index (χ3v) is 4.92. The number of ether oxygens (including phenoxy) is 1. The molecule has 1 aromatic carbocycles. The van der Waals surface area contributed by atoms with Crippen molar-refractivity contribution in [2.75, 3.05) is 11.9 Å². The van der Waals surface area contributed by atoms with Crippen LogP contribution < -0.4 is 5.32 Å². The summed E-state index contributed by atoms with van der Waals surface area (Å²) in [5.41, 5.74) is 5.69. The molecule has 7 heteroatoms. The largest absolute Gasteiger partial charge is 0.466 e. The summed E-state index contributed by atoms with van der Waals surface area (Å²) in [5, 5.41) is 3.32. The molecule has 0 atom stereocenters. The van der Waals surface area contributed by atoms with Gasteiger partial charge in [0, 0.05) is 41.2 Å². The predicted octanol–water partition coefficient (Wildman–Crippen LogP) is 4.36. The minimum absolute atomic E-state index is 0.215. The van der Waals surface area contributed by atoms with Crippen molar-refractivity contribution in [2.45, 2.75) is 45.4 Å². The molecule has 154 valence electrons. The van der Waals surface area contributed by atoms with Gasteiger partial charge in [0.2, 0.25) is 5.95 Å². The first-order valence-electron chi connectivity index (χ1n) is 10.3. The first kappa shape index (κ1) is 19.9. The van der Waals surface area contributed by atoms with Crippen molar-refractivity contribution in [3.8, 4) is 11.3 Å². The topological polar surface area (TPSA) is 89.9 Å². The van der Waals surface area contributed by atoms with E-state index < -0.39 is 0 Å². The molecule has 0 radical (unpaired) electrons. The van der Waals surface area contributed by atoms with Crippen LogP contribution in [0.3, 0.4) is 0 Å². The van der Waals surface area contributed by atoms with Gasteiger partial charge in [-0.15, -0.1) is 0 Å². The SMILES string of the molecule is CCOC(=O)CCc1cc(-c2cc(C)cc(Nc3nccc(C4CC4)n3)c2)ncn1. The molecular weight excluding hydrogens is 378 g/mol. The third-order valence-electron chi connectivity index (χ3n) is 4.92. The van der Waals surface area contributed by atoms with Crippen LogP contribution in [0.2, 0.25) is 0 Å². The van der Waals surface area contributed by atoms with Gasteiger partial charge in [0.15, 0.2) is 0 Å². The molecule has 3 aromatic rings. The fourth-order valence-corrected chi connectivity index (χ4v) is 3.33. The number of nitrogens with zero attached hydrogens (tertiary/aromatic N) is 4. The van der Waals surface area contributed by atoms with Gasteiger partial charge in [0.25, 0.3) is 0 Å². The fourth-order valence-electron chi connectivity index (χ4n) is 3.33. The second-order valence-electron chi connectivity index (χ2n) is 7.49. The second kappa shape index (κ2) is 8.98. The number of hydrogen-bond donors (Lipinski definition) is 1. The van der Waals surface area contributed by atoms with Crippen LogP contribution in [0.15, 0.2) is 42.9 Å². The van der Waals surface area contributed by atoms with E-state index in [4.69, 9.17) is 4.74 Å². The van der Waals surface area contributed by atoms with E-state index in [0.717, 1.165) is 33.9 Å². The molecule has 1 saturated carbocycles. The summed E-state index contributed by atoms with van der Waals surface area (Å²) in [6.07, 6.45) is 6.58. The minimum atomic E-state index is -0.215. The van der Waals surface area contributed by atoms with Crippen molar-refractivity contribution in [2.24, 2.45) is 0 Å². The normalized spacial score (nSPS) is 13.1. The lowest BCUT2D eigenvalue weighted by Gasteiger charge is -2.10. The lowest BCUT2D eigenvalue weighted by Crippen LogP contribution is -2.06. The standard InChI is InChI=1S/C23H25N5O2/c1-3-30-22(29)7-6-18-13-21(26-14-25-18)17-10-15(2)11-19(12-17)27-23-24-9-8-20(28-23)16-4-5-16/h8-14,16H,3-7H2,1-2H3,(H,24,27,28). The molecule has 0 aliphatic heterocycles. The van der Waals surface area contributed by atoms with E-state index in [0.29, 0.717) is 31.3 Å². The highest BCUT2D eigenvalue weighted by atomic mass is 16.5. The maximum Gasteiger partial charge on any atom is 0.306 e. The van der Waals surface area contributed by atoms with Crippen molar-refractivity contribution >= 4 is 17.6 Å². The van der Waals surface area contributed by atoms with Crippen molar-refractivity contribution < 1.29 is 9.53 Å². The number of anilines is 2. The lowest BCUT2D eigenvalue weighted by atomic mass is 10.1. The number of carbonyl (C=O) groups is 1. The third kappa shape index (κ3) is 5.17. The van der Waals surface area contributed by atoms with Gasteiger partial charge in [-0.1, -0.05) is 0 Å². The first-order chi connectivity index (χ1) is 14.6. The van der Waals surface area contributed by atoms with Gasteiger partial charge in [-0.3, -0.25) is 4.79 Å². The van der Waals surface area contributed by atoms with Crippen LogP contribution in [0, 0.1) is 6.92 Å². The summed E-state index contributed by atoms with van der Waals surface area (Å²) in [5.74, 6) is 0.970. The highest BCUT2D eigenvalue weighted by Crippen LogP contribution is 2.39. The Bertz CT molecular complexity index is 1050. The van der Waals surface area contributed by atoms with Crippen LogP contribution in [-0.2, 0) is 16.0 Å². The van der Waals surface area contributed by atoms with Crippen LogP contribution in [0.4, 0.5) is 11.6 Å². The predicted molar refractivity (Wildman–Crippen MR) is 114 cm³/mol. The van der Waals surface area contributed by atoms with Crippen LogP contribution in [-0.4, -0.2) is 32.5 Å². The Morgan fingerprint density at radius 1 is 1.17 bits per heavy atom. The van der Waals surface area contributed by atoms with Gasteiger partial charge in [0.1, 0.15) is 6.33 Å². The minimum Gasteiger partial charge on any atom is -0.466 e. The molecule has 2 heterocycles. The number of carbonyl (C=O) groups excluding carboxylic acids is 1. The first-order valence-corrected chi connectivity index (χ1v) is 10.3. The molecule has 0 unspecified atom stereocenters. The molecule has 1 fully saturated rings. The van der Waals surface area contributed by atoms with E-state index in [1.165, 1.54) is 19.2 Å². The van der Waals surface area contributed by atoms with Crippen molar-refractivity contribution in [3.05, 3.63) is 59.8 Å². The molecule has 0 amide bonds. The molecule has 1 aliphatic rings. The maximum absolute atomic E-state index is 11.6. The Hall–Kier alpha value is -3.35. The number of rotatable bonds is 8. The van der Waals surface area contributed by atoms with E-state index >= 15 is 0 Å². The van der Waals surface area contributed by atoms with E-state index in [-0.39, 0.29) is 5.97 Å². The van der Waals surface area contributed by atoms with Gasteiger partial charge in [0.05, 0.1) is 18.7 Å². The number of nitrogens with one attached hydrogen (secondary N) is 1. The molecule has 2 aromatic heterocycles. The number of aryl methyl sites for hydroxylation is 2. The zero-order valence-corrected chi connectivity index (χ0v) is 17.3. The summed E-state index contributed by atoms with van der Waals surface area (Å²) in [4.78, 5) is 29.3. The smallest absolute Gasteiger partial charge is 0.306 e. The van der Waals surface area contributed by atoms with Crippen molar-refractivity contribution in [3.63, 3.8) is 0 Å². The van der Waals surface area contributed by atoms with Crippen molar-refractivity contribution in [1.29, 1.82) is 0 Å². The average molecular weight is 403 g/mol. The van der Waals surface area contributed by atoms with E-state index in [2.05, 4.69) is 37.4 Å². The van der Waals surface area contributed by atoms with Crippen LogP contribution in [0.25, 0.3) is 11.3 Å². The number of esters is 1. The van der Waals surface area contributed by atoms with Gasteiger partial charge in [-0.05, 0) is 62.6 Å². The Labute approximate surface area is 176 Å². The zero-order chi connectivity index (χ0) is 20.9. The molecule has 0 spiro atoms. The molecule has 30 heavy (non-hydrogen) atoms. The number of benzene rings is 1.